The van der Waals surface area contributed by atoms with Gasteiger partial charge >= 0.3 is 5.97 Å². The number of carboxylic acids is 1. The van der Waals surface area contributed by atoms with Gasteiger partial charge in [-0.05, 0) is 31.0 Å². The Balaban J connectivity index is 2.28. The van der Waals surface area contributed by atoms with Crippen LogP contribution in [0.2, 0.25) is 0 Å². The van der Waals surface area contributed by atoms with Crippen molar-refractivity contribution in [2.24, 2.45) is 0 Å². The predicted molar refractivity (Wildman–Crippen MR) is 65.3 cm³/mol. The lowest BCUT2D eigenvalue weighted by Crippen LogP contribution is -2.32. The first-order chi connectivity index (χ1) is 8.13. The van der Waals surface area contributed by atoms with Gasteiger partial charge in [-0.1, -0.05) is 0 Å². The number of hydrogen-bond donors (Lipinski definition) is 3. The Labute approximate surface area is 99.5 Å². The molecular formula is C12H16N2O3. The highest BCUT2D eigenvalue weighted by Gasteiger charge is 2.24. The number of carboxylic acid groups (broad SMARTS) is 1. The molecule has 5 nitrogen and oxygen atoms in total. The standard InChI is InChI=1S/C12H16N2O3/c13-11-6-8(3-4-10(11)12(16)17)14-5-1-2-9(14)7-15/h3-4,6,9,15H,1-2,5,7,13H2,(H,16,17). The van der Waals surface area contributed by atoms with Crippen LogP contribution in [0.25, 0.3) is 0 Å². The summed E-state index contributed by atoms with van der Waals surface area (Å²) in [5, 5.41) is 18.1. The molecule has 1 heterocycles. The number of carbonyl (C=O) groups is 1. The summed E-state index contributed by atoms with van der Waals surface area (Å²) in [5.41, 5.74) is 6.97. The SMILES string of the molecule is Nc1cc(N2CCCC2CO)ccc1C(=O)O. The van der Waals surface area contributed by atoms with E-state index in [0.717, 1.165) is 25.1 Å². The molecule has 1 aromatic carbocycles. The second-order valence-electron chi connectivity index (χ2n) is 4.25. The van der Waals surface area contributed by atoms with Crippen LogP contribution in [0.15, 0.2) is 18.2 Å². The average molecular weight is 236 g/mol. The molecule has 17 heavy (non-hydrogen) atoms. The zero-order valence-corrected chi connectivity index (χ0v) is 9.47. The minimum Gasteiger partial charge on any atom is -0.478 e. The van der Waals surface area contributed by atoms with Gasteiger partial charge in [-0.15, -0.1) is 0 Å². The van der Waals surface area contributed by atoms with Gasteiger partial charge < -0.3 is 20.8 Å². The smallest absolute Gasteiger partial charge is 0.337 e. The van der Waals surface area contributed by atoms with Crippen LogP contribution in [-0.4, -0.2) is 35.4 Å². The number of aliphatic hydroxyl groups excluding tert-OH is 1. The van der Waals surface area contributed by atoms with Crippen molar-refractivity contribution in [3.8, 4) is 0 Å². The number of aromatic carboxylic acids is 1. The zero-order valence-electron chi connectivity index (χ0n) is 9.47. The van der Waals surface area contributed by atoms with Crippen molar-refractivity contribution in [1.82, 2.24) is 0 Å². The van der Waals surface area contributed by atoms with E-state index >= 15 is 0 Å². The minimum absolute atomic E-state index is 0.112. The maximum absolute atomic E-state index is 10.8. The number of nitrogens with zero attached hydrogens (tertiary/aromatic N) is 1. The van der Waals surface area contributed by atoms with E-state index in [0.29, 0.717) is 0 Å². The quantitative estimate of drug-likeness (QED) is 0.679. The van der Waals surface area contributed by atoms with Crippen molar-refractivity contribution >= 4 is 17.3 Å². The van der Waals surface area contributed by atoms with Crippen molar-refractivity contribution in [2.75, 3.05) is 23.8 Å². The van der Waals surface area contributed by atoms with Crippen molar-refractivity contribution in [3.05, 3.63) is 23.8 Å². The van der Waals surface area contributed by atoms with Crippen LogP contribution in [0.3, 0.4) is 0 Å². The van der Waals surface area contributed by atoms with Gasteiger partial charge in [0.05, 0.1) is 18.2 Å². The van der Waals surface area contributed by atoms with Crippen molar-refractivity contribution < 1.29 is 15.0 Å². The Morgan fingerprint density at radius 1 is 1.53 bits per heavy atom. The Hall–Kier alpha value is -1.75. The second kappa shape index (κ2) is 4.63. The lowest BCUT2D eigenvalue weighted by molar-refractivity contribution is 0.0698. The Morgan fingerprint density at radius 3 is 2.88 bits per heavy atom. The summed E-state index contributed by atoms with van der Waals surface area (Å²) >= 11 is 0. The van der Waals surface area contributed by atoms with Crippen molar-refractivity contribution in [1.29, 1.82) is 0 Å². The van der Waals surface area contributed by atoms with E-state index in [1.807, 2.05) is 0 Å². The molecule has 5 heteroatoms. The van der Waals surface area contributed by atoms with E-state index in [1.165, 1.54) is 6.07 Å². The summed E-state index contributed by atoms with van der Waals surface area (Å²) in [7, 11) is 0. The van der Waals surface area contributed by atoms with Gasteiger partial charge in [-0.3, -0.25) is 0 Å². The highest BCUT2D eigenvalue weighted by molar-refractivity contribution is 5.94. The van der Waals surface area contributed by atoms with E-state index in [4.69, 9.17) is 10.8 Å². The van der Waals surface area contributed by atoms with Gasteiger partial charge in [0.2, 0.25) is 0 Å². The molecule has 1 aromatic rings. The monoisotopic (exact) mass is 236 g/mol. The third-order valence-corrected chi connectivity index (χ3v) is 3.19. The van der Waals surface area contributed by atoms with Gasteiger partial charge in [0.1, 0.15) is 0 Å². The van der Waals surface area contributed by atoms with E-state index in [-0.39, 0.29) is 23.9 Å². The number of nitrogen functional groups attached to an aromatic ring is 1. The van der Waals surface area contributed by atoms with E-state index in [1.54, 1.807) is 12.1 Å². The van der Waals surface area contributed by atoms with Crippen LogP contribution >= 0.6 is 0 Å². The molecular weight excluding hydrogens is 220 g/mol. The fourth-order valence-electron chi connectivity index (χ4n) is 2.29. The highest BCUT2D eigenvalue weighted by Crippen LogP contribution is 2.28. The summed E-state index contributed by atoms with van der Waals surface area (Å²) < 4.78 is 0. The van der Waals surface area contributed by atoms with Gasteiger partial charge in [-0.25, -0.2) is 4.79 Å². The summed E-state index contributed by atoms with van der Waals surface area (Å²) in [5.74, 6) is -1.02. The first-order valence-corrected chi connectivity index (χ1v) is 5.64. The summed E-state index contributed by atoms with van der Waals surface area (Å²) in [6.45, 7) is 0.984. The van der Waals surface area contributed by atoms with Gasteiger partial charge in [0.15, 0.2) is 0 Å². The molecule has 1 saturated heterocycles. The lowest BCUT2D eigenvalue weighted by atomic mass is 10.1. The molecule has 0 amide bonds. The predicted octanol–water partition coefficient (Wildman–Crippen LogP) is 0.928. The van der Waals surface area contributed by atoms with Crippen LogP contribution in [0.5, 0.6) is 0 Å². The van der Waals surface area contributed by atoms with E-state index < -0.39 is 5.97 Å². The average Bonchev–Trinajstić information content (AvgIpc) is 2.76. The number of nitrogens with two attached hydrogens (primary N) is 1. The van der Waals surface area contributed by atoms with Gasteiger partial charge in [-0.2, -0.15) is 0 Å². The topological polar surface area (TPSA) is 86.8 Å². The number of benzene rings is 1. The molecule has 1 fully saturated rings. The van der Waals surface area contributed by atoms with Crippen molar-refractivity contribution in [2.45, 2.75) is 18.9 Å². The Morgan fingerprint density at radius 2 is 2.29 bits per heavy atom. The third kappa shape index (κ3) is 2.19. The Bertz CT molecular complexity index is 434. The molecule has 1 aliphatic heterocycles. The molecule has 0 radical (unpaired) electrons. The highest BCUT2D eigenvalue weighted by atomic mass is 16.4. The first-order valence-electron chi connectivity index (χ1n) is 5.64. The minimum atomic E-state index is -1.02. The summed E-state index contributed by atoms with van der Waals surface area (Å²) in [6.07, 6.45) is 1.99. The molecule has 1 aliphatic rings. The molecule has 0 spiro atoms. The van der Waals surface area contributed by atoms with Gasteiger partial charge in [0, 0.05) is 17.9 Å². The number of rotatable bonds is 3. The van der Waals surface area contributed by atoms with E-state index in [9.17, 15) is 9.90 Å². The molecule has 0 saturated carbocycles. The van der Waals surface area contributed by atoms with Crippen LogP contribution in [-0.2, 0) is 0 Å². The molecule has 0 aromatic heterocycles. The fraction of sp³-hybridized carbons (Fsp3) is 0.417. The molecule has 0 bridgehead atoms. The first kappa shape index (κ1) is 11.7. The number of anilines is 2. The maximum Gasteiger partial charge on any atom is 0.337 e. The normalized spacial score (nSPS) is 19.6. The molecule has 2 rings (SSSR count). The van der Waals surface area contributed by atoms with Crippen LogP contribution in [0.1, 0.15) is 23.2 Å². The summed E-state index contributed by atoms with van der Waals surface area (Å²) in [6, 6.07) is 5.04. The fourth-order valence-corrected chi connectivity index (χ4v) is 2.29. The zero-order chi connectivity index (χ0) is 12.4. The second-order valence-corrected chi connectivity index (χ2v) is 4.25. The van der Waals surface area contributed by atoms with E-state index in [2.05, 4.69) is 4.90 Å². The Kier molecular flexibility index (Phi) is 3.19. The molecule has 1 atom stereocenters. The van der Waals surface area contributed by atoms with Crippen LogP contribution in [0.4, 0.5) is 11.4 Å². The van der Waals surface area contributed by atoms with Gasteiger partial charge in [0.25, 0.3) is 0 Å². The van der Waals surface area contributed by atoms with Crippen LogP contribution < -0.4 is 10.6 Å². The largest absolute Gasteiger partial charge is 0.478 e. The number of hydrogen-bond acceptors (Lipinski definition) is 4. The maximum atomic E-state index is 10.8. The molecule has 4 N–H and O–H groups in total. The molecule has 92 valence electrons. The molecule has 0 aliphatic carbocycles. The molecule has 1 unspecified atom stereocenters. The summed E-state index contributed by atoms with van der Waals surface area (Å²) in [4.78, 5) is 12.9. The van der Waals surface area contributed by atoms with Crippen molar-refractivity contribution in [3.63, 3.8) is 0 Å². The van der Waals surface area contributed by atoms with Crippen LogP contribution in [0, 0.1) is 0 Å². The lowest BCUT2D eigenvalue weighted by Gasteiger charge is -2.25. The number of aliphatic hydroxyl groups is 1. The third-order valence-electron chi connectivity index (χ3n) is 3.19.